The maximum atomic E-state index is 12.5. The van der Waals surface area contributed by atoms with E-state index in [0.717, 1.165) is 12.8 Å². The molecule has 1 aromatic rings. The molecule has 0 bridgehead atoms. The number of nitrogens with zero attached hydrogens (tertiary/aromatic N) is 3. The lowest BCUT2D eigenvalue weighted by Gasteiger charge is -2.27. The number of ether oxygens (including phenoxy) is 1. The third-order valence-corrected chi connectivity index (χ3v) is 3.13. The van der Waals surface area contributed by atoms with Crippen LogP contribution in [0.3, 0.4) is 0 Å². The number of rotatable bonds is 3. The third kappa shape index (κ3) is 2.23. The van der Waals surface area contributed by atoms with Crippen molar-refractivity contribution in [3.05, 3.63) is 11.9 Å². The highest BCUT2D eigenvalue weighted by Gasteiger charge is 2.29. The van der Waals surface area contributed by atoms with E-state index in [4.69, 9.17) is 10.5 Å². The average Bonchev–Trinajstić information content (AvgIpc) is 2.50. The van der Waals surface area contributed by atoms with Gasteiger partial charge in [-0.05, 0) is 13.3 Å². The van der Waals surface area contributed by atoms with Gasteiger partial charge in [-0.2, -0.15) is 0 Å². The topological polar surface area (TPSA) is 81.3 Å². The Hall–Kier alpha value is -1.85. The summed E-state index contributed by atoms with van der Waals surface area (Å²) < 4.78 is 5.46. The standard InChI is InChI=1S/C12H18N4O2/c1-3-4-8(2)16-5-6-18-11-9(12(16)17)10(13)14-7-15-11/h7-8H,3-6H2,1-2H3,(H2,13,14,15). The molecule has 0 saturated carbocycles. The minimum Gasteiger partial charge on any atom is -0.475 e. The van der Waals surface area contributed by atoms with Gasteiger partial charge in [0.2, 0.25) is 5.88 Å². The van der Waals surface area contributed by atoms with Gasteiger partial charge in [-0.1, -0.05) is 13.3 Å². The first-order valence-corrected chi connectivity index (χ1v) is 6.19. The van der Waals surface area contributed by atoms with Crippen molar-refractivity contribution in [3.8, 4) is 5.88 Å². The van der Waals surface area contributed by atoms with E-state index >= 15 is 0 Å². The first kappa shape index (κ1) is 12.6. The van der Waals surface area contributed by atoms with E-state index in [1.165, 1.54) is 6.33 Å². The number of carbonyl (C=O) groups is 1. The molecule has 0 aliphatic carbocycles. The summed E-state index contributed by atoms with van der Waals surface area (Å²) in [7, 11) is 0. The molecular weight excluding hydrogens is 232 g/mol. The molecule has 6 heteroatoms. The molecule has 1 amide bonds. The minimum atomic E-state index is -0.137. The summed E-state index contributed by atoms with van der Waals surface area (Å²) in [4.78, 5) is 22.1. The van der Waals surface area contributed by atoms with Crippen molar-refractivity contribution in [2.75, 3.05) is 18.9 Å². The predicted octanol–water partition coefficient (Wildman–Crippen LogP) is 1.08. The Bertz CT molecular complexity index is 450. The van der Waals surface area contributed by atoms with Crippen molar-refractivity contribution in [1.82, 2.24) is 14.9 Å². The fourth-order valence-electron chi connectivity index (χ4n) is 2.17. The van der Waals surface area contributed by atoms with E-state index in [0.29, 0.717) is 19.0 Å². The fraction of sp³-hybridized carbons (Fsp3) is 0.583. The van der Waals surface area contributed by atoms with Gasteiger partial charge in [-0.3, -0.25) is 4.79 Å². The fourth-order valence-corrected chi connectivity index (χ4v) is 2.17. The predicted molar refractivity (Wildman–Crippen MR) is 67.3 cm³/mol. The summed E-state index contributed by atoms with van der Waals surface area (Å²) in [6.07, 6.45) is 3.29. The van der Waals surface area contributed by atoms with E-state index in [-0.39, 0.29) is 23.3 Å². The Kier molecular flexibility index (Phi) is 3.64. The molecule has 0 spiro atoms. The molecule has 0 saturated heterocycles. The molecule has 2 N–H and O–H groups in total. The van der Waals surface area contributed by atoms with Crippen LogP contribution in [-0.4, -0.2) is 40.0 Å². The normalized spacial score (nSPS) is 16.8. The summed E-state index contributed by atoms with van der Waals surface area (Å²) in [6, 6.07) is 0.164. The second-order valence-corrected chi connectivity index (χ2v) is 4.42. The van der Waals surface area contributed by atoms with Crippen molar-refractivity contribution in [3.63, 3.8) is 0 Å². The van der Waals surface area contributed by atoms with Crippen molar-refractivity contribution in [2.24, 2.45) is 0 Å². The number of amides is 1. The maximum absolute atomic E-state index is 12.5. The molecule has 1 atom stereocenters. The molecule has 0 aromatic carbocycles. The average molecular weight is 250 g/mol. The van der Waals surface area contributed by atoms with Gasteiger partial charge in [0, 0.05) is 6.04 Å². The van der Waals surface area contributed by atoms with Crippen LogP contribution in [0.1, 0.15) is 37.0 Å². The molecule has 1 aliphatic rings. The smallest absolute Gasteiger partial charge is 0.263 e. The lowest BCUT2D eigenvalue weighted by molar-refractivity contribution is 0.0681. The minimum absolute atomic E-state index is 0.137. The van der Waals surface area contributed by atoms with Crippen LogP contribution in [0.15, 0.2) is 6.33 Å². The molecule has 1 aliphatic heterocycles. The molecule has 98 valence electrons. The van der Waals surface area contributed by atoms with Gasteiger partial charge in [-0.15, -0.1) is 0 Å². The molecule has 2 heterocycles. The summed E-state index contributed by atoms with van der Waals surface area (Å²) >= 11 is 0. The van der Waals surface area contributed by atoms with Gasteiger partial charge in [0.15, 0.2) is 0 Å². The number of aromatic nitrogens is 2. The van der Waals surface area contributed by atoms with Crippen LogP contribution < -0.4 is 10.5 Å². The van der Waals surface area contributed by atoms with Gasteiger partial charge in [0.05, 0.1) is 6.54 Å². The molecule has 1 unspecified atom stereocenters. The van der Waals surface area contributed by atoms with Crippen molar-refractivity contribution < 1.29 is 9.53 Å². The van der Waals surface area contributed by atoms with Crippen molar-refractivity contribution in [1.29, 1.82) is 0 Å². The second-order valence-electron chi connectivity index (χ2n) is 4.42. The lowest BCUT2D eigenvalue weighted by Crippen LogP contribution is -2.40. The van der Waals surface area contributed by atoms with E-state index in [2.05, 4.69) is 16.9 Å². The van der Waals surface area contributed by atoms with Gasteiger partial charge >= 0.3 is 0 Å². The maximum Gasteiger partial charge on any atom is 0.263 e. The summed E-state index contributed by atoms with van der Waals surface area (Å²) in [5.41, 5.74) is 6.05. The zero-order valence-corrected chi connectivity index (χ0v) is 10.7. The van der Waals surface area contributed by atoms with Crippen LogP contribution in [0.5, 0.6) is 5.88 Å². The molecule has 0 radical (unpaired) electrons. The molecule has 18 heavy (non-hydrogen) atoms. The van der Waals surface area contributed by atoms with Gasteiger partial charge in [0.1, 0.15) is 24.3 Å². The Morgan fingerprint density at radius 2 is 2.33 bits per heavy atom. The number of anilines is 1. The Morgan fingerprint density at radius 1 is 1.56 bits per heavy atom. The summed E-state index contributed by atoms with van der Waals surface area (Å²) in [5.74, 6) is 0.334. The number of hydrogen-bond donors (Lipinski definition) is 1. The number of hydrogen-bond acceptors (Lipinski definition) is 5. The summed E-state index contributed by atoms with van der Waals surface area (Å²) in [5, 5.41) is 0. The van der Waals surface area contributed by atoms with Gasteiger partial charge in [-0.25, -0.2) is 9.97 Å². The highest BCUT2D eigenvalue weighted by Crippen LogP contribution is 2.25. The monoisotopic (exact) mass is 250 g/mol. The van der Waals surface area contributed by atoms with Gasteiger partial charge in [0.25, 0.3) is 5.91 Å². The first-order valence-electron chi connectivity index (χ1n) is 6.19. The van der Waals surface area contributed by atoms with E-state index < -0.39 is 0 Å². The van der Waals surface area contributed by atoms with Crippen LogP contribution in [-0.2, 0) is 0 Å². The summed E-state index contributed by atoms with van der Waals surface area (Å²) in [6.45, 7) is 5.12. The van der Waals surface area contributed by atoms with Crippen LogP contribution in [0.25, 0.3) is 0 Å². The second kappa shape index (κ2) is 5.20. The Labute approximate surface area is 106 Å². The van der Waals surface area contributed by atoms with Crippen molar-refractivity contribution in [2.45, 2.75) is 32.7 Å². The molecule has 0 fully saturated rings. The van der Waals surface area contributed by atoms with Crippen LogP contribution >= 0.6 is 0 Å². The van der Waals surface area contributed by atoms with E-state index in [1.54, 1.807) is 4.90 Å². The van der Waals surface area contributed by atoms with Gasteiger partial charge < -0.3 is 15.4 Å². The Morgan fingerprint density at radius 3 is 3.06 bits per heavy atom. The van der Waals surface area contributed by atoms with Crippen LogP contribution in [0.4, 0.5) is 5.82 Å². The Balaban J connectivity index is 2.34. The number of nitrogens with two attached hydrogens (primary N) is 1. The lowest BCUT2D eigenvalue weighted by atomic mass is 10.1. The zero-order valence-electron chi connectivity index (χ0n) is 10.7. The molecule has 2 rings (SSSR count). The van der Waals surface area contributed by atoms with Crippen LogP contribution in [0.2, 0.25) is 0 Å². The highest BCUT2D eigenvalue weighted by molar-refractivity contribution is 6.00. The van der Waals surface area contributed by atoms with E-state index in [1.807, 2.05) is 6.92 Å². The zero-order chi connectivity index (χ0) is 13.1. The van der Waals surface area contributed by atoms with Crippen LogP contribution in [0, 0.1) is 0 Å². The largest absolute Gasteiger partial charge is 0.475 e. The molecular formula is C12H18N4O2. The SMILES string of the molecule is CCCC(C)N1CCOc2ncnc(N)c2C1=O. The third-order valence-electron chi connectivity index (χ3n) is 3.13. The highest BCUT2D eigenvalue weighted by atomic mass is 16.5. The van der Waals surface area contributed by atoms with E-state index in [9.17, 15) is 4.79 Å². The number of carbonyl (C=O) groups excluding carboxylic acids is 1. The number of fused-ring (bicyclic) bond motifs is 1. The number of nitrogen functional groups attached to an aromatic ring is 1. The quantitative estimate of drug-likeness (QED) is 0.868. The van der Waals surface area contributed by atoms with Crippen molar-refractivity contribution >= 4 is 11.7 Å². The first-order chi connectivity index (χ1) is 8.65. The molecule has 1 aromatic heterocycles. The molecule has 6 nitrogen and oxygen atoms in total.